The van der Waals surface area contributed by atoms with Crippen LogP contribution in [0.2, 0.25) is 0 Å². The fourth-order valence-corrected chi connectivity index (χ4v) is 2.84. The van der Waals surface area contributed by atoms with Crippen molar-refractivity contribution in [3.63, 3.8) is 0 Å². The minimum Gasteiger partial charge on any atom is -0.357 e. The van der Waals surface area contributed by atoms with Gasteiger partial charge in [0.2, 0.25) is 0 Å². The van der Waals surface area contributed by atoms with Gasteiger partial charge < -0.3 is 10.6 Å². The highest BCUT2D eigenvalue weighted by Gasteiger charge is 2.11. The molecule has 1 atom stereocenters. The van der Waals surface area contributed by atoms with Crippen molar-refractivity contribution in [2.24, 2.45) is 4.99 Å². The molecule has 2 heterocycles. The second-order valence-electron chi connectivity index (χ2n) is 5.02. The summed E-state index contributed by atoms with van der Waals surface area (Å²) < 4.78 is 26.4. The third-order valence-electron chi connectivity index (χ3n) is 3.29. The van der Waals surface area contributed by atoms with E-state index in [4.69, 9.17) is 0 Å². The van der Waals surface area contributed by atoms with Gasteiger partial charge in [0.05, 0.1) is 0 Å². The lowest BCUT2D eigenvalue weighted by atomic mass is 10.1. The molecule has 0 amide bonds. The van der Waals surface area contributed by atoms with Gasteiger partial charge in [-0.05, 0) is 18.4 Å². The third-order valence-corrected chi connectivity index (χ3v) is 4.39. The molecule has 126 valence electrons. The molecule has 8 heteroatoms. The molecule has 2 N–H and O–H groups in total. The molecule has 2 rings (SSSR count). The number of imidazole rings is 1. The SMILES string of the molecule is CCNC(=NCc1nccn1C(F)F)NCC(C)c1cccs1. The first-order valence-corrected chi connectivity index (χ1v) is 8.35. The number of aromatic nitrogens is 2. The summed E-state index contributed by atoms with van der Waals surface area (Å²) in [4.78, 5) is 9.55. The van der Waals surface area contributed by atoms with Gasteiger partial charge in [0.25, 0.3) is 0 Å². The molecule has 2 aromatic rings. The molecule has 2 aromatic heterocycles. The number of rotatable bonds is 7. The lowest BCUT2D eigenvalue weighted by Gasteiger charge is -2.15. The first kappa shape index (κ1) is 17.4. The number of halogens is 2. The van der Waals surface area contributed by atoms with E-state index in [0.29, 0.717) is 18.4 Å². The summed E-state index contributed by atoms with van der Waals surface area (Å²) in [5.74, 6) is 1.19. The van der Waals surface area contributed by atoms with Crippen molar-refractivity contribution in [2.75, 3.05) is 13.1 Å². The topological polar surface area (TPSA) is 54.2 Å². The second-order valence-corrected chi connectivity index (χ2v) is 6.00. The summed E-state index contributed by atoms with van der Waals surface area (Å²) in [7, 11) is 0. The van der Waals surface area contributed by atoms with Crippen LogP contribution in [0.4, 0.5) is 8.78 Å². The van der Waals surface area contributed by atoms with E-state index in [1.54, 1.807) is 11.3 Å². The third kappa shape index (κ3) is 5.02. The number of aliphatic imine (C=N–C) groups is 1. The summed E-state index contributed by atoms with van der Waals surface area (Å²) in [5.41, 5.74) is 0. The molecule has 0 aliphatic heterocycles. The van der Waals surface area contributed by atoms with Gasteiger partial charge in [0.1, 0.15) is 12.4 Å². The van der Waals surface area contributed by atoms with Gasteiger partial charge in [-0.3, -0.25) is 4.57 Å². The molecular weight excluding hydrogens is 320 g/mol. The standard InChI is InChI=1S/C15H21F2N5S/c1-3-18-15(20-9-11(2)12-5-4-8-23-12)21-10-13-19-6-7-22(13)14(16)17/h4-8,11,14H,3,9-10H2,1-2H3,(H2,18,20,21). The number of alkyl halides is 2. The van der Waals surface area contributed by atoms with E-state index in [1.807, 2.05) is 13.0 Å². The van der Waals surface area contributed by atoms with Gasteiger partial charge in [0.15, 0.2) is 5.96 Å². The Labute approximate surface area is 138 Å². The van der Waals surface area contributed by atoms with E-state index in [1.165, 1.54) is 17.3 Å². The molecule has 0 radical (unpaired) electrons. The van der Waals surface area contributed by atoms with E-state index in [0.717, 1.165) is 11.1 Å². The normalized spacial score (nSPS) is 13.3. The van der Waals surface area contributed by atoms with E-state index in [2.05, 4.69) is 39.0 Å². The maximum atomic E-state index is 12.8. The fourth-order valence-electron chi connectivity index (χ4n) is 2.06. The second kappa shape index (κ2) is 8.61. The zero-order valence-corrected chi connectivity index (χ0v) is 14.0. The van der Waals surface area contributed by atoms with E-state index < -0.39 is 6.55 Å². The van der Waals surface area contributed by atoms with E-state index >= 15 is 0 Å². The highest BCUT2D eigenvalue weighted by atomic mass is 32.1. The first-order chi connectivity index (χ1) is 11.1. The minimum atomic E-state index is -2.60. The molecule has 5 nitrogen and oxygen atoms in total. The van der Waals surface area contributed by atoms with Gasteiger partial charge in [-0.25, -0.2) is 9.98 Å². The Kier molecular flexibility index (Phi) is 6.52. The highest BCUT2D eigenvalue weighted by molar-refractivity contribution is 7.10. The Hall–Kier alpha value is -1.96. The number of hydrogen-bond donors (Lipinski definition) is 2. The minimum absolute atomic E-state index is 0.0973. The van der Waals surface area contributed by atoms with Crippen molar-refractivity contribution < 1.29 is 8.78 Å². The smallest absolute Gasteiger partial charge is 0.319 e. The average molecular weight is 341 g/mol. The molecule has 0 saturated carbocycles. The van der Waals surface area contributed by atoms with Crippen LogP contribution >= 0.6 is 11.3 Å². The van der Waals surface area contributed by atoms with Gasteiger partial charge in [-0.15, -0.1) is 11.3 Å². The van der Waals surface area contributed by atoms with Gasteiger partial charge in [0, 0.05) is 36.3 Å². The van der Waals surface area contributed by atoms with Crippen LogP contribution in [-0.4, -0.2) is 28.6 Å². The first-order valence-electron chi connectivity index (χ1n) is 7.47. The van der Waals surface area contributed by atoms with Crippen molar-refractivity contribution in [1.82, 2.24) is 20.2 Å². The molecule has 0 saturated heterocycles. The van der Waals surface area contributed by atoms with Gasteiger partial charge in [-0.1, -0.05) is 13.0 Å². The molecule has 0 fully saturated rings. The highest BCUT2D eigenvalue weighted by Crippen LogP contribution is 2.19. The van der Waals surface area contributed by atoms with Crippen molar-refractivity contribution in [3.8, 4) is 0 Å². The molecule has 23 heavy (non-hydrogen) atoms. The van der Waals surface area contributed by atoms with Crippen LogP contribution < -0.4 is 10.6 Å². The molecular formula is C15H21F2N5S. The Morgan fingerprint density at radius 2 is 2.26 bits per heavy atom. The zero-order valence-electron chi connectivity index (χ0n) is 13.2. The van der Waals surface area contributed by atoms with Gasteiger partial charge >= 0.3 is 6.55 Å². The molecule has 1 unspecified atom stereocenters. The summed E-state index contributed by atoms with van der Waals surface area (Å²) >= 11 is 1.72. The summed E-state index contributed by atoms with van der Waals surface area (Å²) in [6.07, 6.45) is 2.62. The van der Waals surface area contributed by atoms with Crippen LogP contribution in [0, 0.1) is 0 Å². The van der Waals surface area contributed by atoms with Crippen LogP contribution in [-0.2, 0) is 6.54 Å². The average Bonchev–Trinajstić information content (AvgIpc) is 3.20. The fraction of sp³-hybridized carbons (Fsp3) is 0.467. The zero-order chi connectivity index (χ0) is 16.7. The molecule has 0 aliphatic rings. The Morgan fingerprint density at radius 3 is 2.91 bits per heavy atom. The monoisotopic (exact) mass is 341 g/mol. The lowest BCUT2D eigenvalue weighted by molar-refractivity contribution is 0.0671. The van der Waals surface area contributed by atoms with Gasteiger partial charge in [-0.2, -0.15) is 8.78 Å². The molecule has 0 aliphatic carbocycles. The van der Waals surface area contributed by atoms with Crippen molar-refractivity contribution in [1.29, 1.82) is 0 Å². The van der Waals surface area contributed by atoms with Crippen LogP contribution in [0.1, 0.15) is 37.0 Å². The number of nitrogens with zero attached hydrogens (tertiary/aromatic N) is 3. The molecule has 0 spiro atoms. The maximum absolute atomic E-state index is 12.8. The van der Waals surface area contributed by atoms with E-state index in [9.17, 15) is 8.78 Å². The van der Waals surface area contributed by atoms with Crippen LogP contribution in [0.5, 0.6) is 0 Å². The Morgan fingerprint density at radius 1 is 1.43 bits per heavy atom. The maximum Gasteiger partial charge on any atom is 0.319 e. The number of guanidine groups is 1. The summed E-state index contributed by atoms with van der Waals surface area (Å²) in [6.45, 7) is 3.00. The predicted octanol–water partition coefficient (Wildman–Crippen LogP) is 3.20. The Balaban J connectivity index is 1.95. The van der Waals surface area contributed by atoms with Crippen molar-refractivity contribution in [2.45, 2.75) is 32.9 Å². The van der Waals surface area contributed by atoms with Crippen molar-refractivity contribution >= 4 is 17.3 Å². The largest absolute Gasteiger partial charge is 0.357 e. The molecule has 0 bridgehead atoms. The molecule has 0 aromatic carbocycles. The number of nitrogens with one attached hydrogen (secondary N) is 2. The summed E-state index contributed by atoms with van der Waals surface area (Å²) in [5, 5.41) is 8.40. The van der Waals surface area contributed by atoms with Crippen LogP contribution in [0.3, 0.4) is 0 Å². The quantitative estimate of drug-likeness (QED) is 0.601. The van der Waals surface area contributed by atoms with Crippen molar-refractivity contribution in [3.05, 3.63) is 40.6 Å². The van der Waals surface area contributed by atoms with Crippen LogP contribution in [0.15, 0.2) is 34.9 Å². The number of thiophene rings is 1. The lowest BCUT2D eigenvalue weighted by Crippen LogP contribution is -2.39. The summed E-state index contributed by atoms with van der Waals surface area (Å²) in [6, 6.07) is 4.13. The van der Waals surface area contributed by atoms with E-state index in [-0.39, 0.29) is 12.4 Å². The predicted molar refractivity (Wildman–Crippen MR) is 89.0 cm³/mol. The Bertz CT molecular complexity index is 609. The van der Waals surface area contributed by atoms with Crippen LogP contribution in [0.25, 0.3) is 0 Å². The number of hydrogen-bond acceptors (Lipinski definition) is 3.